The van der Waals surface area contributed by atoms with E-state index >= 15 is 0 Å². The summed E-state index contributed by atoms with van der Waals surface area (Å²) in [4.78, 5) is 14.5. The number of carbonyl (C=O) groups excluding carboxylic acids is 1. The summed E-state index contributed by atoms with van der Waals surface area (Å²) in [5.41, 5.74) is 6.21. The molecule has 22 heavy (non-hydrogen) atoms. The molecular formula is C12H14BF3KN3O2. The number of azide groups is 1. The molecule has 0 saturated heterocycles. The fourth-order valence-electron chi connectivity index (χ4n) is 1.61. The van der Waals surface area contributed by atoms with Gasteiger partial charge in [0.1, 0.15) is 5.60 Å². The summed E-state index contributed by atoms with van der Waals surface area (Å²) in [6.07, 6.45) is 0. The molecule has 1 rings (SSSR count). The van der Waals surface area contributed by atoms with Crippen molar-refractivity contribution in [3.63, 3.8) is 0 Å². The first kappa shape index (κ1) is 21.5. The normalized spacial score (nSPS) is 11.2. The molecule has 0 aliphatic heterocycles. The van der Waals surface area contributed by atoms with Crippen LogP contribution in [0.25, 0.3) is 10.4 Å². The molecule has 0 radical (unpaired) electrons. The Morgan fingerprint density at radius 2 is 1.86 bits per heavy atom. The van der Waals surface area contributed by atoms with Gasteiger partial charge in [-0.1, -0.05) is 17.2 Å². The van der Waals surface area contributed by atoms with Crippen LogP contribution in [0.15, 0.2) is 17.2 Å². The van der Waals surface area contributed by atoms with E-state index in [0.717, 1.165) is 12.1 Å². The van der Waals surface area contributed by atoms with Gasteiger partial charge >= 0.3 is 64.3 Å². The van der Waals surface area contributed by atoms with Crippen LogP contribution in [0.4, 0.5) is 18.6 Å². The van der Waals surface area contributed by atoms with Crippen LogP contribution in [-0.4, -0.2) is 18.5 Å². The van der Waals surface area contributed by atoms with E-state index in [-0.39, 0.29) is 68.2 Å². The van der Waals surface area contributed by atoms with Gasteiger partial charge in [-0.25, -0.2) is 4.79 Å². The Balaban J connectivity index is 0.00000441. The van der Waals surface area contributed by atoms with E-state index in [4.69, 9.17) is 10.3 Å². The number of nitrogens with zero attached hydrogens (tertiary/aromatic N) is 3. The third kappa shape index (κ3) is 5.94. The summed E-state index contributed by atoms with van der Waals surface area (Å²) >= 11 is 0. The van der Waals surface area contributed by atoms with Gasteiger partial charge in [-0.05, 0) is 38.8 Å². The second kappa shape index (κ2) is 7.85. The maximum absolute atomic E-state index is 12.9. The molecule has 114 valence electrons. The number of ether oxygens (including phenoxy) is 1. The van der Waals surface area contributed by atoms with Crippen molar-refractivity contribution in [1.82, 2.24) is 0 Å². The second-order valence-electron chi connectivity index (χ2n) is 5.48. The van der Waals surface area contributed by atoms with Gasteiger partial charge in [0.2, 0.25) is 0 Å². The molecule has 0 N–H and O–H groups in total. The summed E-state index contributed by atoms with van der Waals surface area (Å²) < 4.78 is 43.8. The summed E-state index contributed by atoms with van der Waals surface area (Å²) in [7, 11) is 0. The van der Waals surface area contributed by atoms with Gasteiger partial charge in [0.05, 0.1) is 5.56 Å². The van der Waals surface area contributed by atoms with Crippen molar-refractivity contribution in [2.75, 3.05) is 0 Å². The number of rotatable bonds is 3. The number of halogens is 3. The number of benzene rings is 1. The Bertz CT molecular complexity index is 623. The van der Waals surface area contributed by atoms with Crippen molar-refractivity contribution in [2.45, 2.75) is 33.3 Å². The van der Waals surface area contributed by atoms with Crippen molar-refractivity contribution >= 4 is 24.1 Å². The first-order valence-electron chi connectivity index (χ1n) is 6.08. The van der Waals surface area contributed by atoms with E-state index in [9.17, 15) is 17.7 Å². The predicted molar refractivity (Wildman–Crippen MR) is 73.9 cm³/mol. The van der Waals surface area contributed by atoms with E-state index in [1.165, 1.54) is 6.92 Å². The summed E-state index contributed by atoms with van der Waals surface area (Å²) in [6.45, 7) is 0.880. The van der Waals surface area contributed by atoms with Gasteiger partial charge in [0.25, 0.3) is 0 Å². The number of hydrogen-bond donors (Lipinski definition) is 0. The average molecular weight is 339 g/mol. The van der Waals surface area contributed by atoms with Crippen LogP contribution >= 0.6 is 0 Å². The maximum atomic E-state index is 12.9. The Morgan fingerprint density at radius 3 is 2.27 bits per heavy atom. The van der Waals surface area contributed by atoms with Crippen LogP contribution in [0, 0.1) is 6.92 Å². The van der Waals surface area contributed by atoms with Crippen molar-refractivity contribution in [3.8, 4) is 0 Å². The molecule has 0 aromatic heterocycles. The van der Waals surface area contributed by atoms with Gasteiger partial charge in [-0.15, -0.1) is 5.46 Å². The Morgan fingerprint density at radius 1 is 1.32 bits per heavy atom. The Labute approximate surface area is 168 Å². The molecule has 0 amide bonds. The topological polar surface area (TPSA) is 75.1 Å². The van der Waals surface area contributed by atoms with Crippen molar-refractivity contribution < 1.29 is 73.9 Å². The molecule has 5 nitrogen and oxygen atoms in total. The molecule has 0 saturated carbocycles. The van der Waals surface area contributed by atoms with Crippen molar-refractivity contribution in [3.05, 3.63) is 33.7 Å². The van der Waals surface area contributed by atoms with Crippen LogP contribution in [0.2, 0.25) is 0 Å². The third-order valence-electron chi connectivity index (χ3n) is 2.55. The van der Waals surface area contributed by atoms with E-state index in [1.54, 1.807) is 20.8 Å². The van der Waals surface area contributed by atoms with Crippen LogP contribution in [0.1, 0.15) is 36.7 Å². The van der Waals surface area contributed by atoms with E-state index in [1.807, 2.05) is 0 Å². The summed E-state index contributed by atoms with van der Waals surface area (Å²) in [6, 6.07) is 1.45. The largest absolute Gasteiger partial charge is 1.00 e. The molecule has 0 unspecified atom stereocenters. The van der Waals surface area contributed by atoms with E-state index in [2.05, 4.69) is 10.0 Å². The Kier molecular flexibility index (Phi) is 7.67. The van der Waals surface area contributed by atoms with Crippen LogP contribution in [0.5, 0.6) is 0 Å². The van der Waals surface area contributed by atoms with Gasteiger partial charge in [0, 0.05) is 10.6 Å². The molecule has 1 aromatic rings. The first-order valence-corrected chi connectivity index (χ1v) is 6.08. The summed E-state index contributed by atoms with van der Waals surface area (Å²) in [5, 5.41) is 3.20. The quantitative estimate of drug-likeness (QED) is 0.270. The monoisotopic (exact) mass is 339 g/mol. The van der Waals surface area contributed by atoms with Crippen LogP contribution < -0.4 is 56.8 Å². The minimum atomic E-state index is -5.33. The zero-order valence-electron chi connectivity index (χ0n) is 13.0. The maximum Gasteiger partial charge on any atom is 1.00 e. The molecule has 0 bridgehead atoms. The van der Waals surface area contributed by atoms with Gasteiger partial charge in [-0.3, -0.25) is 0 Å². The number of carbonyl (C=O) groups is 1. The van der Waals surface area contributed by atoms with E-state index < -0.39 is 24.0 Å². The zero-order valence-corrected chi connectivity index (χ0v) is 16.1. The molecule has 1 aromatic carbocycles. The molecule has 0 aliphatic rings. The molecule has 0 heterocycles. The van der Waals surface area contributed by atoms with Crippen molar-refractivity contribution in [2.24, 2.45) is 5.11 Å². The van der Waals surface area contributed by atoms with E-state index in [0.29, 0.717) is 0 Å². The molecule has 10 heteroatoms. The van der Waals surface area contributed by atoms with Gasteiger partial charge in [0.15, 0.2) is 0 Å². The minimum absolute atomic E-state index is 0. The predicted octanol–water partition coefficient (Wildman–Crippen LogP) is 0.951. The molecule has 0 aliphatic carbocycles. The fraction of sp³-hybridized carbons (Fsp3) is 0.417. The zero-order chi connectivity index (χ0) is 16.4. The number of esters is 1. The SMILES string of the molecule is Cc1c(N=[N+]=[N-])cc([B-](F)(F)F)cc1C(=O)OC(C)(C)C.[K+]. The Hall–Kier alpha value is -0.509. The summed E-state index contributed by atoms with van der Waals surface area (Å²) in [5.74, 6) is -0.892. The smallest absolute Gasteiger partial charge is 0.456 e. The average Bonchev–Trinajstić information content (AvgIpc) is 2.28. The molecular weight excluding hydrogens is 325 g/mol. The van der Waals surface area contributed by atoms with Crippen LogP contribution in [-0.2, 0) is 4.74 Å². The van der Waals surface area contributed by atoms with Gasteiger partial charge in [-0.2, -0.15) is 0 Å². The second-order valence-corrected chi connectivity index (χ2v) is 5.48. The molecule has 0 atom stereocenters. The van der Waals surface area contributed by atoms with Gasteiger partial charge < -0.3 is 17.7 Å². The molecule has 0 fully saturated rings. The fourth-order valence-corrected chi connectivity index (χ4v) is 1.61. The minimum Gasteiger partial charge on any atom is -0.456 e. The van der Waals surface area contributed by atoms with Crippen LogP contribution in [0.3, 0.4) is 0 Å². The standard InChI is InChI=1S/C12H14BF3N3O2.K/c1-7-9(11(20)21-12(2,3)4)5-8(13(14,15)16)6-10(7)18-19-17;/h5-6H,1-4H3;/q-1;+1. The third-order valence-corrected chi connectivity index (χ3v) is 2.55. The molecule has 0 spiro atoms. The van der Waals surface area contributed by atoms with Crippen molar-refractivity contribution in [1.29, 1.82) is 0 Å². The first-order chi connectivity index (χ1) is 9.45. The number of hydrogen-bond acceptors (Lipinski definition) is 3.